The fraction of sp³-hybridized carbons (Fsp3) is 0.167. The standard InChI is InChI=1S/C24H25N7/c1-2-22(31-12-6-11-27-31)29-24-26-15-19(23(25)30-24)16-8-5-9-17(13-16)21-14-18-7-3-4-10-20(18)28-21/h3-11,13-15,22,27-28H,2,12H2,1H3,(H3,25,26,29,30). The largest absolute Gasteiger partial charge is 0.383 e. The molecule has 156 valence electrons. The summed E-state index contributed by atoms with van der Waals surface area (Å²) in [5, 5.41) is 6.64. The fourth-order valence-electron chi connectivity index (χ4n) is 3.90. The Labute approximate surface area is 181 Å². The Kier molecular flexibility index (Phi) is 5.01. The highest BCUT2D eigenvalue weighted by Crippen LogP contribution is 2.30. The van der Waals surface area contributed by atoms with Crippen LogP contribution in [0, 0.1) is 0 Å². The van der Waals surface area contributed by atoms with Crippen LogP contribution in [0.25, 0.3) is 33.3 Å². The van der Waals surface area contributed by atoms with E-state index < -0.39 is 0 Å². The van der Waals surface area contributed by atoms with Crippen molar-refractivity contribution in [2.75, 3.05) is 17.6 Å². The van der Waals surface area contributed by atoms with Crippen LogP contribution in [-0.2, 0) is 0 Å². The molecule has 5 N–H and O–H groups in total. The lowest BCUT2D eigenvalue weighted by molar-refractivity contribution is 0.199. The van der Waals surface area contributed by atoms with E-state index in [0.29, 0.717) is 11.8 Å². The van der Waals surface area contributed by atoms with Crippen molar-refractivity contribution in [3.63, 3.8) is 0 Å². The number of nitrogens with one attached hydrogen (secondary N) is 3. The number of hydrazine groups is 1. The molecule has 31 heavy (non-hydrogen) atoms. The van der Waals surface area contributed by atoms with Crippen LogP contribution in [0.3, 0.4) is 0 Å². The van der Waals surface area contributed by atoms with E-state index in [0.717, 1.165) is 40.9 Å². The molecule has 7 nitrogen and oxygen atoms in total. The summed E-state index contributed by atoms with van der Waals surface area (Å²) in [6, 6.07) is 18.7. The number of aromatic nitrogens is 3. The molecule has 0 saturated heterocycles. The summed E-state index contributed by atoms with van der Waals surface area (Å²) in [5.74, 6) is 0.974. The summed E-state index contributed by atoms with van der Waals surface area (Å²) >= 11 is 0. The molecule has 3 heterocycles. The second-order valence-corrected chi connectivity index (χ2v) is 7.60. The summed E-state index contributed by atoms with van der Waals surface area (Å²) in [6.07, 6.45) is 6.76. The van der Waals surface area contributed by atoms with Crippen LogP contribution in [0.1, 0.15) is 13.3 Å². The average molecular weight is 412 g/mol. The zero-order chi connectivity index (χ0) is 21.2. The molecule has 1 aliphatic heterocycles. The van der Waals surface area contributed by atoms with Crippen LogP contribution in [-0.4, -0.2) is 32.7 Å². The minimum Gasteiger partial charge on any atom is -0.383 e. The number of benzene rings is 2. The van der Waals surface area contributed by atoms with Crippen molar-refractivity contribution in [3.8, 4) is 22.4 Å². The number of nitrogens with two attached hydrogens (primary N) is 1. The van der Waals surface area contributed by atoms with Crippen molar-refractivity contribution in [1.29, 1.82) is 0 Å². The van der Waals surface area contributed by atoms with Crippen molar-refractivity contribution >= 4 is 22.7 Å². The van der Waals surface area contributed by atoms with E-state index >= 15 is 0 Å². The van der Waals surface area contributed by atoms with Gasteiger partial charge in [0, 0.05) is 41.1 Å². The van der Waals surface area contributed by atoms with Gasteiger partial charge in [-0.1, -0.05) is 49.4 Å². The van der Waals surface area contributed by atoms with Crippen LogP contribution < -0.4 is 16.5 Å². The molecule has 0 spiro atoms. The topological polar surface area (TPSA) is 94.9 Å². The van der Waals surface area contributed by atoms with Crippen LogP contribution in [0.4, 0.5) is 11.8 Å². The van der Waals surface area contributed by atoms with E-state index in [1.165, 1.54) is 5.39 Å². The highest BCUT2D eigenvalue weighted by molar-refractivity contribution is 5.87. The first-order valence-electron chi connectivity index (χ1n) is 10.5. The first kappa shape index (κ1) is 19.1. The summed E-state index contributed by atoms with van der Waals surface area (Å²) < 4.78 is 0. The van der Waals surface area contributed by atoms with Crippen molar-refractivity contribution in [3.05, 3.63) is 73.1 Å². The van der Waals surface area contributed by atoms with Crippen molar-refractivity contribution in [2.24, 2.45) is 0 Å². The minimum atomic E-state index is 0.0746. The maximum atomic E-state index is 6.33. The Morgan fingerprint density at radius 1 is 1.13 bits per heavy atom. The molecule has 0 aliphatic carbocycles. The van der Waals surface area contributed by atoms with E-state index in [4.69, 9.17) is 5.73 Å². The number of rotatable bonds is 6. The number of anilines is 2. The average Bonchev–Trinajstić information content (AvgIpc) is 3.48. The fourth-order valence-corrected chi connectivity index (χ4v) is 3.90. The first-order valence-corrected chi connectivity index (χ1v) is 10.5. The van der Waals surface area contributed by atoms with E-state index in [1.807, 2.05) is 30.5 Å². The summed E-state index contributed by atoms with van der Waals surface area (Å²) in [7, 11) is 0. The maximum Gasteiger partial charge on any atom is 0.225 e. The molecule has 7 heteroatoms. The van der Waals surface area contributed by atoms with Gasteiger partial charge in [0.1, 0.15) is 5.82 Å². The normalized spacial score (nSPS) is 14.6. The molecular formula is C24H25N7. The number of H-pyrrole nitrogens is 1. The minimum absolute atomic E-state index is 0.0746. The van der Waals surface area contributed by atoms with Gasteiger partial charge in [-0.05, 0) is 35.7 Å². The van der Waals surface area contributed by atoms with Crippen molar-refractivity contribution in [1.82, 2.24) is 25.4 Å². The summed E-state index contributed by atoms with van der Waals surface area (Å²) in [6.45, 7) is 2.95. The zero-order valence-electron chi connectivity index (χ0n) is 17.3. The Bertz CT molecular complexity index is 1200. The molecule has 0 amide bonds. The van der Waals surface area contributed by atoms with Gasteiger partial charge in [0.05, 0.1) is 6.17 Å². The monoisotopic (exact) mass is 411 g/mol. The van der Waals surface area contributed by atoms with E-state index in [1.54, 1.807) is 6.20 Å². The second kappa shape index (κ2) is 8.12. The molecule has 4 aromatic rings. The molecule has 2 aromatic heterocycles. The maximum absolute atomic E-state index is 6.33. The summed E-state index contributed by atoms with van der Waals surface area (Å²) in [5.41, 5.74) is 14.6. The van der Waals surface area contributed by atoms with Crippen LogP contribution in [0.5, 0.6) is 0 Å². The zero-order valence-corrected chi connectivity index (χ0v) is 17.3. The third-order valence-corrected chi connectivity index (χ3v) is 5.55. The quantitative estimate of drug-likeness (QED) is 0.377. The highest BCUT2D eigenvalue weighted by Gasteiger charge is 2.18. The Morgan fingerprint density at radius 3 is 2.77 bits per heavy atom. The van der Waals surface area contributed by atoms with Gasteiger partial charge < -0.3 is 21.5 Å². The van der Waals surface area contributed by atoms with E-state index in [9.17, 15) is 0 Å². The van der Waals surface area contributed by atoms with Gasteiger partial charge in [0.2, 0.25) is 5.95 Å². The molecule has 0 saturated carbocycles. The summed E-state index contributed by atoms with van der Waals surface area (Å²) in [4.78, 5) is 12.5. The molecule has 0 radical (unpaired) electrons. The number of aromatic amines is 1. The van der Waals surface area contributed by atoms with Gasteiger partial charge in [-0.3, -0.25) is 0 Å². The van der Waals surface area contributed by atoms with Crippen LogP contribution in [0.15, 0.2) is 73.1 Å². The lowest BCUT2D eigenvalue weighted by atomic mass is 10.0. The molecule has 5 rings (SSSR count). The number of hydrogen-bond acceptors (Lipinski definition) is 6. The predicted molar refractivity (Wildman–Crippen MR) is 126 cm³/mol. The van der Waals surface area contributed by atoms with Crippen molar-refractivity contribution < 1.29 is 0 Å². The third kappa shape index (κ3) is 3.83. The van der Waals surface area contributed by atoms with Gasteiger partial charge in [0.15, 0.2) is 0 Å². The van der Waals surface area contributed by atoms with E-state index in [2.05, 4.69) is 74.0 Å². The lowest BCUT2D eigenvalue weighted by Gasteiger charge is -2.27. The van der Waals surface area contributed by atoms with Crippen molar-refractivity contribution in [2.45, 2.75) is 19.5 Å². The Balaban J connectivity index is 1.40. The molecule has 1 atom stereocenters. The highest BCUT2D eigenvalue weighted by atomic mass is 15.6. The Hall–Kier alpha value is -3.84. The number of para-hydroxylation sites is 1. The number of fused-ring (bicyclic) bond motifs is 1. The van der Waals surface area contributed by atoms with Crippen LogP contribution in [0.2, 0.25) is 0 Å². The molecule has 0 bridgehead atoms. The van der Waals surface area contributed by atoms with Crippen LogP contribution >= 0.6 is 0 Å². The van der Waals surface area contributed by atoms with Gasteiger partial charge in [0.25, 0.3) is 0 Å². The number of nitrogen functional groups attached to an aromatic ring is 1. The molecule has 0 fully saturated rings. The SMILES string of the molecule is CCC(Nc1ncc(-c2cccc(-c3cc4ccccc4[nH]3)c2)c(N)n1)N1CC=CN1. The molecule has 1 aliphatic rings. The van der Waals surface area contributed by atoms with Gasteiger partial charge in [-0.25, -0.2) is 4.98 Å². The first-order chi connectivity index (χ1) is 15.2. The molecule has 1 unspecified atom stereocenters. The number of nitrogens with zero attached hydrogens (tertiary/aromatic N) is 3. The molecule has 2 aromatic carbocycles. The van der Waals surface area contributed by atoms with Gasteiger partial charge >= 0.3 is 0 Å². The Morgan fingerprint density at radius 2 is 2.00 bits per heavy atom. The lowest BCUT2D eigenvalue weighted by Crippen LogP contribution is -2.44. The smallest absolute Gasteiger partial charge is 0.225 e. The van der Waals surface area contributed by atoms with E-state index in [-0.39, 0.29) is 6.17 Å². The van der Waals surface area contributed by atoms with Gasteiger partial charge in [-0.15, -0.1) is 0 Å². The molecular weight excluding hydrogens is 386 g/mol. The number of hydrogen-bond donors (Lipinski definition) is 4. The third-order valence-electron chi connectivity index (χ3n) is 5.55. The predicted octanol–water partition coefficient (Wildman–Crippen LogP) is 4.36. The second-order valence-electron chi connectivity index (χ2n) is 7.60. The van der Waals surface area contributed by atoms with Gasteiger partial charge in [-0.2, -0.15) is 9.99 Å².